The van der Waals surface area contributed by atoms with Crippen LogP contribution in [-0.4, -0.2) is 40.3 Å². The number of carbonyl (C=O) groups is 3. The summed E-state index contributed by atoms with van der Waals surface area (Å²) in [5, 5.41) is 10.8. The quantitative estimate of drug-likeness (QED) is 0.716. The molecular weight excluding hydrogens is 396 g/mol. The van der Waals surface area contributed by atoms with E-state index in [0.717, 1.165) is 5.56 Å². The van der Waals surface area contributed by atoms with Gasteiger partial charge in [-0.25, -0.2) is 0 Å². The number of nitriles is 1. The number of nitrogens with zero attached hydrogens (tertiary/aromatic N) is 3. The summed E-state index contributed by atoms with van der Waals surface area (Å²) >= 11 is 0. The molecule has 0 saturated carbocycles. The number of rotatable bonds is 6. The molecule has 2 aromatic rings. The molecule has 2 aromatic carbocycles. The Morgan fingerprint density at radius 1 is 1.16 bits per heavy atom. The first-order valence-corrected chi connectivity index (χ1v) is 10.1. The standard InChI is InChI=1S/C23H22N4O4/c1-14(16-7-3-2-4-8-16)27-22(29)19-20(17-9-5-6-15(12-17)13-24)26(11-10-18(25)28)31-21(19)23(27)30/h2-9,12,14,19-21H,10-11H2,1H3,(H2,25,28). The lowest BCUT2D eigenvalue weighted by Crippen LogP contribution is -2.39. The summed E-state index contributed by atoms with van der Waals surface area (Å²) in [6.07, 6.45) is -0.970. The van der Waals surface area contributed by atoms with Gasteiger partial charge in [-0.05, 0) is 30.2 Å². The molecule has 2 aliphatic heterocycles. The van der Waals surface area contributed by atoms with Crippen molar-refractivity contribution in [3.63, 3.8) is 0 Å². The van der Waals surface area contributed by atoms with Gasteiger partial charge in [0, 0.05) is 13.0 Å². The Balaban J connectivity index is 1.70. The van der Waals surface area contributed by atoms with E-state index in [0.29, 0.717) is 11.1 Å². The van der Waals surface area contributed by atoms with Gasteiger partial charge in [0.15, 0.2) is 6.10 Å². The molecule has 8 nitrogen and oxygen atoms in total. The van der Waals surface area contributed by atoms with Crippen LogP contribution in [-0.2, 0) is 19.2 Å². The second-order valence-electron chi connectivity index (χ2n) is 7.72. The number of hydroxylamine groups is 2. The monoisotopic (exact) mass is 418 g/mol. The normalized spacial score (nSPS) is 24.1. The SMILES string of the molecule is CC(c1ccccc1)N1C(=O)C2ON(CCC(N)=O)C(c3cccc(C#N)c3)C2C1=O. The summed E-state index contributed by atoms with van der Waals surface area (Å²) in [7, 11) is 0. The minimum atomic E-state index is -0.984. The molecule has 2 saturated heterocycles. The molecule has 4 atom stereocenters. The van der Waals surface area contributed by atoms with Crippen LogP contribution in [0.5, 0.6) is 0 Å². The topological polar surface area (TPSA) is 117 Å². The van der Waals surface area contributed by atoms with E-state index in [1.807, 2.05) is 37.3 Å². The lowest BCUT2D eigenvalue weighted by molar-refractivity contribution is -0.181. The maximum Gasteiger partial charge on any atom is 0.261 e. The zero-order valence-corrected chi connectivity index (χ0v) is 17.0. The van der Waals surface area contributed by atoms with Crippen LogP contribution >= 0.6 is 0 Å². The highest BCUT2D eigenvalue weighted by atomic mass is 16.7. The first-order valence-electron chi connectivity index (χ1n) is 10.1. The van der Waals surface area contributed by atoms with Crippen LogP contribution < -0.4 is 5.73 Å². The molecule has 0 radical (unpaired) electrons. The predicted molar refractivity (Wildman–Crippen MR) is 109 cm³/mol. The largest absolute Gasteiger partial charge is 0.370 e. The second kappa shape index (κ2) is 8.30. The van der Waals surface area contributed by atoms with E-state index in [1.165, 1.54) is 9.96 Å². The zero-order valence-electron chi connectivity index (χ0n) is 17.0. The maximum absolute atomic E-state index is 13.5. The number of hydrogen-bond donors (Lipinski definition) is 1. The fourth-order valence-electron chi connectivity index (χ4n) is 4.33. The first-order chi connectivity index (χ1) is 14.9. The van der Waals surface area contributed by atoms with Gasteiger partial charge in [0.05, 0.1) is 29.6 Å². The molecule has 4 rings (SSSR count). The highest BCUT2D eigenvalue weighted by molar-refractivity contribution is 6.07. The summed E-state index contributed by atoms with van der Waals surface area (Å²) in [6, 6.07) is 17.2. The van der Waals surface area contributed by atoms with Crippen LogP contribution in [0.3, 0.4) is 0 Å². The van der Waals surface area contributed by atoms with Crippen LogP contribution in [0.2, 0.25) is 0 Å². The summed E-state index contributed by atoms with van der Waals surface area (Å²) in [6.45, 7) is 1.95. The van der Waals surface area contributed by atoms with Crippen molar-refractivity contribution in [3.8, 4) is 6.07 Å². The van der Waals surface area contributed by atoms with Crippen molar-refractivity contribution in [2.24, 2.45) is 11.7 Å². The van der Waals surface area contributed by atoms with Crippen molar-refractivity contribution in [2.45, 2.75) is 31.5 Å². The molecular formula is C23H22N4O4. The van der Waals surface area contributed by atoms with Gasteiger partial charge < -0.3 is 5.73 Å². The van der Waals surface area contributed by atoms with E-state index in [-0.39, 0.29) is 18.9 Å². The molecule has 3 amide bonds. The fraction of sp³-hybridized carbons (Fsp3) is 0.304. The number of likely N-dealkylation sites (tertiary alicyclic amines) is 1. The smallest absolute Gasteiger partial charge is 0.261 e. The number of nitrogens with two attached hydrogens (primary N) is 1. The Bertz CT molecular complexity index is 1060. The number of imide groups is 1. The van der Waals surface area contributed by atoms with Crippen molar-refractivity contribution < 1.29 is 19.2 Å². The molecule has 8 heteroatoms. The second-order valence-corrected chi connectivity index (χ2v) is 7.72. The van der Waals surface area contributed by atoms with Gasteiger partial charge in [0.1, 0.15) is 0 Å². The Hall–Kier alpha value is -3.54. The summed E-state index contributed by atoms with van der Waals surface area (Å²) in [5.41, 5.74) is 7.24. The van der Waals surface area contributed by atoms with E-state index in [1.54, 1.807) is 24.3 Å². The minimum absolute atomic E-state index is 0.0143. The third kappa shape index (κ3) is 3.69. The number of hydrogen-bond acceptors (Lipinski definition) is 6. The summed E-state index contributed by atoms with van der Waals surface area (Å²) < 4.78 is 0. The molecule has 0 spiro atoms. The highest BCUT2D eigenvalue weighted by Gasteiger charge is 2.60. The number of primary amides is 1. The molecule has 2 aliphatic rings. The van der Waals surface area contributed by atoms with Crippen LogP contribution in [0.4, 0.5) is 0 Å². The average molecular weight is 418 g/mol. The lowest BCUT2D eigenvalue weighted by Gasteiger charge is -2.29. The van der Waals surface area contributed by atoms with Gasteiger partial charge >= 0.3 is 0 Å². The summed E-state index contributed by atoms with van der Waals surface area (Å²) in [5.74, 6) is -2.03. The van der Waals surface area contributed by atoms with Gasteiger partial charge in [0.2, 0.25) is 11.8 Å². The Morgan fingerprint density at radius 2 is 1.90 bits per heavy atom. The molecule has 4 unspecified atom stereocenters. The lowest BCUT2D eigenvalue weighted by atomic mass is 9.90. The zero-order chi connectivity index (χ0) is 22.1. The van der Waals surface area contributed by atoms with Crippen LogP contribution in [0.25, 0.3) is 0 Å². The predicted octanol–water partition coefficient (Wildman–Crippen LogP) is 1.84. The number of benzene rings is 2. The van der Waals surface area contributed by atoms with Gasteiger partial charge in [-0.3, -0.25) is 24.1 Å². The van der Waals surface area contributed by atoms with Gasteiger partial charge in [-0.1, -0.05) is 42.5 Å². The molecule has 2 N–H and O–H groups in total. The fourth-order valence-corrected chi connectivity index (χ4v) is 4.33. The molecule has 0 bridgehead atoms. The molecule has 0 aliphatic carbocycles. The van der Waals surface area contributed by atoms with Crippen molar-refractivity contribution in [3.05, 3.63) is 71.3 Å². The van der Waals surface area contributed by atoms with Crippen molar-refractivity contribution in [2.75, 3.05) is 6.54 Å². The first kappa shape index (κ1) is 20.7. The Morgan fingerprint density at radius 3 is 2.58 bits per heavy atom. The summed E-state index contributed by atoms with van der Waals surface area (Å²) in [4.78, 5) is 45.2. The van der Waals surface area contributed by atoms with Crippen LogP contribution in [0, 0.1) is 17.2 Å². The van der Waals surface area contributed by atoms with Crippen LogP contribution in [0.1, 0.15) is 42.1 Å². The highest BCUT2D eigenvalue weighted by Crippen LogP contribution is 2.46. The number of carbonyl (C=O) groups excluding carboxylic acids is 3. The van der Waals surface area contributed by atoms with E-state index in [4.69, 9.17) is 10.6 Å². The van der Waals surface area contributed by atoms with Crippen molar-refractivity contribution in [1.29, 1.82) is 5.26 Å². The van der Waals surface area contributed by atoms with E-state index >= 15 is 0 Å². The third-order valence-electron chi connectivity index (χ3n) is 5.83. The van der Waals surface area contributed by atoms with Gasteiger partial charge in [-0.15, -0.1) is 0 Å². The van der Waals surface area contributed by atoms with Crippen molar-refractivity contribution >= 4 is 17.7 Å². The number of fused-ring (bicyclic) bond motifs is 1. The number of amides is 3. The van der Waals surface area contributed by atoms with Gasteiger partial charge in [-0.2, -0.15) is 10.3 Å². The van der Waals surface area contributed by atoms with E-state index in [9.17, 15) is 19.6 Å². The van der Waals surface area contributed by atoms with E-state index < -0.39 is 35.9 Å². The Labute approximate surface area is 179 Å². The molecule has 31 heavy (non-hydrogen) atoms. The molecule has 2 heterocycles. The average Bonchev–Trinajstić information content (AvgIpc) is 3.28. The van der Waals surface area contributed by atoms with E-state index in [2.05, 4.69) is 6.07 Å². The third-order valence-corrected chi connectivity index (χ3v) is 5.83. The molecule has 0 aromatic heterocycles. The molecule has 2 fully saturated rings. The maximum atomic E-state index is 13.5. The van der Waals surface area contributed by atoms with Crippen molar-refractivity contribution in [1.82, 2.24) is 9.96 Å². The Kier molecular flexibility index (Phi) is 5.55. The minimum Gasteiger partial charge on any atom is -0.370 e. The molecule has 158 valence electrons. The van der Waals surface area contributed by atoms with Gasteiger partial charge in [0.25, 0.3) is 5.91 Å². The van der Waals surface area contributed by atoms with Crippen LogP contribution in [0.15, 0.2) is 54.6 Å².